The zero-order valence-electron chi connectivity index (χ0n) is 17.1. The molecule has 0 heterocycles. The van der Waals surface area contributed by atoms with E-state index in [0.29, 0.717) is 32.2 Å². The summed E-state index contributed by atoms with van der Waals surface area (Å²) in [7, 11) is -4.41. The summed E-state index contributed by atoms with van der Waals surface area (Å²) in [6.07, 6.45) is 2.23. The lowest BCUT2D eigenvalue weighted by Gasteiger charge is -2.28. The van der Waals surface area contributed by atoms with Gasteiger partial charge >= 0.3 is 7.60 Å². The van der Waals surface area contributed by atoms with Gasteiger partial charge in [-0.2, -0.15) is 0 Å². The molecule has 0 unspecified atom stereocenters. The highest BCUT2D eigenvalue weighted by atomic mass is 31.2. The molecule has 0 radical (unpaired) electrons. The molecule has 0 aliphatic carbocycles. The predicted molar refractivity (Wildman–Crippen MR) is 107 cm³/mol. The van der Waals surface area contributed by atoms with E-state index in [0.717, 1.165) is 0 Å². The zero-order chi connectivity index (χ0) is 21.7. The minimum Gasteiger partial charge on any atom is -0.395 e. The summed E-state index contributed by atoms with van der Waals surface area (Å²) in [6, 6.07) is -1.66. The Bertz CT molecular complexity index is 514. The van der Waals surface area contributed by atoms with Gasteiger partial charge in [-0.1, -0.05) is 20.8 Å². The van der Waals surface area contributed by atoms with Crippen molar-refractivity contribution in [3.8, 4) is 0 Å². The average molecular weight is 424 g/mol. The highest BCUT2D eigenvalue weighted by Gasteiger charge is 2.33. The molecule has 0 spiro atoms. The number of rotatable bonds is 15. The molecule has 0 saturated carbocycles. The van der Waals surface area contributed by atoms with Gasteiger partial charge in [0.1, 0.15) is 11.8 Å². The Hall–Kier alpha value is -1.03. The Labute approximate surface area is 167 Å². The van der Waals surface area contributed by atoms with E-state index in [9.17, 15) is 23.9 Å². The number of nitrogens with one attached hydrogen (secondary N) is 3. The molecule has 3 atom stereocenters. The van der Waals surface area contributed by atoms with E-state index in [-0.39, 0.29) is 25.5 Å². The number of amides is 2. The van der Waals surface area contributed by atoms with Crippen molar-refractivity contribution in [3.05, 3.63) is 0 Å². The van der Waals surface area contributed by atoms with Crippen LogP contribution in [-0.2, 0) is 14.2 Å². The summed E-state index contributed by atoms with van der Waals surface area (Å²) in [5, 5.41) is 16.9. The predicted octanol–water partition coefficient (Wildman–Crippen LogP) is -0.373. The summed E-state index contributed by atoms with van der Waals surface area (Å²) < 4.78 is 11.6. The van der Waals surface area contributed by atoms with Gasteiger partial charge in [-0.25, -0.2) is 0 Å². The lowest BCUT2D eigenvalue weighted by atomic mass is 10.0. The van der Waals surface area contributed by atoms with E-state index in [1.807, 2.05) is 13.8 Å². The Morgan fingerprint density at radius 2 is 1.75 bits per heavy atom. The number of nitrogens with two attached hydrogens (primary N) is 1. The van der Waals surface area contributed by atoms with Crippen LogP contribution in [0.15, 0.2) is 0 Å². The normalized spacial score (nSPS) is 15.1. The molecule has 8 N–H and O–H groups in total. The van der Waals surface area contributed by atoms with E-state index < -0.39 is 37.3 Å². The van der Waals surface area contributed by atoms with Crippen molar-refractivity contribution in [2.45, 2.75) is 70.7 Å². The van der Waals surface area contributed by atoms with Crippen LogP contribution in [-0.4, -0.2) is 64.3 Å². The van der Waals surface area contributed by atoms with Crippen LogP contribution in [0.25, 0.3) is 0 Å². The first-order chi connectivity index (χ1) is 13.1. The van der Waals surface area contributed by atoms with Gasteiger partial charge in [0, 0.05) is 6.54 Å². The molecule has 0 aromatic rings. The monoisotopic (exact) mass is 424 g/mol. The fourth-order valence-electron chi connectivity index (χ4n) is 2.74. The second-order valence-corrected chi connectivity index (χ2v) is 9.02. The van der Waals surface area contributed by atoms with Crippen molar-refractivity contribution < 1.29 is 29.0 Å². The number of hydrogen-bond donors (Lipinski definition) is 7. The summed E-state index contributed by atoms with van der Waals surface area (Å²) in [6.45, 7) is 5.75. The van der Waals surface area contributed by atoms with E-state index in [4.69, 9.17) is 10.8 Å². The van der Waals surface area contributed by atoms with Gasteiger partial charge in [0.15, 0.2) is 0 Å². The second kappa shape index (κ2) is 14.0. The molecule has 28 heavy (non-hydrogen) atoms. The van der Waals surface area contributed by atoms with Crippen molar-refractivity contribution in [2.75, 3.05) is 19.7 Å². The Balaban J connectivity index is 5.25. The number of unbranched alkanes of at least 4 members (excludes halogenated alkanes) is 1. The second-order valence-electron chi connectivity index (χ2n) is 7.22. The SMILES string of the molecule is CC[C@@H](N[C@@H](CC(C)C)C(=O)N[C@@H](CCCCN)C(=O)NCCO)P(=O)(O)O. The highest BCUT2D eigenvalue weighted by Crippen LogP contribution is 2.41. The van der Waals surface area contributed by atoms with Crippen LogP contribution in [0.2, 0.25) is 0 Å². The van der Waals surface area contributed by atoms with E-state index in [2.05, 4.69) is 16.0 Å². The summed E-state index contributed by atoms with van der Waals surface area (Å²) >= 11 is 0. The van der Waals surface area contributed by atoms with Gasteiger partial charge in [-0.15, -0.1) is 0 Å². The van der Waals surface area contributed by atoms with E-state index in [1.54, 1.807) is 6.92 Å². The lowest BCUT2D eigenvalue weighted by Crippen LogP contribution is -2.54. The first-order valence-corrected chi connectivity index (χ1v) is 11.4. The summed E-state index contributed by atoms with van der Waals surface area (Å²) in [5.74, 6) is -1.94. The number of hydrogen-bond acceptors (Lipinski definition) is 6. The van der Waals surface area contributed by atoms with Crippen LogP contribution in [0.5, 0.6) is 0 Å². The van der Waals surface area contributed by atoms with Gasteiger partial charge in [0.25, 0.3) is 0 Å². The van der Waals surface area contributed by atoms with Gasteiger partial charge in [0.2, 0.25) is 11.8 Å². The molecule has 0 rings (SSSR count). The first-order valence-electron chi connectivity index (χ1n) is 9.77. The van der Waals surface area contributed by atoms with Gasteiger partial charge < -0.3 is 31.3 Å². The Morgan fingerprint density at radius 1 is 1.11 bits per heavy atom. The first kappa shape index (κ1) is 27.0. The minimum absolute atomic E-state index is 0.0753. The minimum atomic E-state index is -4.41. The smallest absolute Gasteiger partial charge is 0.342 e. The van der Waals surface area contributed by atoms with E-state index >= 15 is 0 Å². The molecule has 0 aliphatic heterocycles. The maximum Gasteiger partial charge on any atom is 0.342 e. The number of carbonyl (C=O) groups is 2. The fourth-order valence-corrected chi connectivity index (χ4v) is 3.59. The maximum absolute atomic E-state index is 12.8. The molecule has 11 heteroatoms. The third-order valence-corrected chi connectivity index (χ3v) is 5.53. The van der Waals surface area contributed by atoms with Crippen LogP contribution in [0.4, 0.5) is 0 Å². The van der Waals surface area contributed by atoms with Gasteiger partial charge in [-0.3, -0.25) is 19.5 Å². The van der Waals surface area contributed by atoms with E-state index in [1.165, 1.54) is 0 Å². The Kier molecular flexibility index (Phi) is 13.5. The van der Waals surface area contributed by atoms with Crippen molar-refractivity contribution in [1.82, 2.24) is 16.0 Å². The molecular weight excluding hydrogens is 387 g/mol. The lowest BCUT2D eigenvalue weighted by molar-refractivity contribution is -0.130. The number of carbonyl (C=O) groups excluding carboxylic acids is 2. The van der Waals surface area contributed by atoms with Crippen LogP contribution < -0.4 is 21.7 Å². The van der Waals surface area contributed by atoms with Crippen LogP contribution >= 0.6 is 7.60 Å². The maximum atomic E-state index is 12.8. The Morgan fingerprint density at radius 3 is 2.21 bits per heavy atom. The van der Waals surface area contributed by atoms with Gasteiger partial charge in [-0.05, 0) is 44.6 Å². The standard InChI is InChI=1S/C17H37N4O6P/c1-4-15(28(25,26)27)20-14(11-12(2)3)17(24)21-13(7-5-6-8-18)16(23)19-9-10-22/h12-15,20,22H,4-11,18H2,1-3H3,(H,19,23)(H,21,24)(H2,25,26,27)/t13-,14-,15-/m0/s1. The van der Waals surface area contributed by atoms with Crippen LogP contribution in [0.3, 0.4) is 0 Å². The van der Waals surface area contributed by atoms with Crippen molar-refractivity contribution in [1.29, 1.82) is 0 Å². The molecule has 10 nitrogen and oxygen atoms in total. The molecule has 0 aromatic heterocycles. The third kappa shape index (κ3) is 11.1. The largest absolute Gasteiger partial charge is 0.395 e. The van der Waals surface area contributed by atoms with Crippen molar-refractivity contribution in [3.63, 3.8) is 0 Å². The van der Waals surface area contributed by atoms with Crippen LogP contribution in [0, 0.1) is 5.92 Å². The molecule has 0 fully saturated rings. The van der Waals surface area contributed by atoms with Gasteiger partial charge in [0.05, 0.1) is 12.6 Å². The fraction of sp³-hybridized carbons (Fsp3) is 0.882. The third-order valence-electron chi connectivity index (χ3n) is 4.20. The van der Waals surface area contributed by atoms with Crippen LogP contribution in [0.1, 0.15) is 52.9 Å². The zero-order valence-corrected chi connectivity index (χ0v) is 18.0. The number of aliphatic hydroxyl groups excluding tert-OH is 1. The quantitative estimate of drug-likeness (QED) is 0.138. The van der Waals surface area contributed by atoms with Crippen molar-refractivity contribution >= 4 is 19.4 Å². The number of aliphatic hydroxyl groups is 1. The highest BCUT2D eigenvalue weighted by molar-refractivity contribution is 7.52. The average Bonchev–Trinajstić information content (AvgIpc) is 2.60. The molecular formula is C17H37N4O6P. The van der Waals surface area contributed by atoms with Crippen molar-refractivity contribution in [2.24, 2.45) is 11.7 Å². The molecule has 0 aromatic carbocycles. The molecule has 0 saturated heterocycles. The summed E-state index contributed by atoms with van der Waals surface area (Å²) in [5.41, 5.74) is 5.48. The molecule has 0 bridgehead atoms. The topological polar surface area (TPSA) is 174 Å². The molecule has 166 valence electrons. The summed E-state index contributed by atoms with van der Waals surface area (Å²) in [4.78, 5) is 44.0. The molecule has 0 aliphatic rings. The molecule has 2 amide bonds.